The number of carbonyl (C=O) groups is 2. The predicted octanol–water partition coefficient (Wildman–Crippen LogP) is 7.10. The van der Waals surface area contributed by atoms with Crippen molar-refractivity contribution in [3.05, 3.63) is 89.8 Å². The number of amides is 1. The van der Waals surface area contributed by atoms with Crippen molar-refractivity contribution < 1.29 is 18.7 Å². The fourth-order valence-corrected chi connectivity index (χ4v) is 6.19. The molecule has 3 aromatic carbocycles. The average Bonchev–Trinajstić information content (AvgIpc) is 2.99. The fraction of sp³-hybridized carbons (Fsp3) is 0.353. The molecule has 3 fully saturated rings. The number of benzene rings is 3. The number of ether oxygens (including phenoxy) is 1. The summed E-state index contributed by atoms with van der Waals surface area (Å²) in [7, 11) is 5.34. The molecule has 2 bridgehead atoms. The third-order valence-electron chi connectivity index (χ3n) is 8.47. The van der Waals surface area contributed by atoms with Crippen molar-refractivity contribution in [1.29, 1.82) is 0 Å². The summed E-state index contributed by atoms with van der Waals surface area (Å²) in [6, 6.07) is 21.2. The Labute approximate surface area is 236 Å². The highest BCUT2D eigenvalue weighted by atomic mass is 19.1. The molecular weight excluding hydrogens is 503 g/mol. The van der Waals surface area contributed by atoms with Crippen LogP contribution in [0.2, 0.25) is 0 Å². The standard InChI is InChI=1S/C34H37FN2O3/c1-36(2)30-15-13-27(14-16-30)26-9-6-24(7-10-26)22-37(34(39)32-20-23-4-11-28(32)12-5-23)31-19-25(18-29(35)21-31)8-17-33(38)40-3/h6-10,13-19,21,23,28,32H,4-5,11-12,20,22H2,1-3H3/b17-8+. The molecule has 0 radical (unpaired) electrons. The van der Waals surface area contributed by atoms with Gasteiger partial charge in [-0.15, -0.1) is 0 Å². The van der Waals surface area contributed by atoms with Crippen LogP contribution < -0.4 is 9.80 Å². The van der Waals surface area contributed by atoms with Crippen molar-refractivity contribution >= 4 is 29.3 Å². The van der Waals surface area contributed by atoms with E-state index in [0.29, 0.717) is 29.6 Å². The lowest BCUT2D eigenvalue weighted by atomic mass is 9.64. The summed E-state index contributed by atoms with van der Waals surface area (Å²) in [4.78, 5) is 29.5. The average molecular weight is 541 g/mol. The molecule has 3 aliphatic carbocycles. The molecule has 1 amide bonds. The lowest BCUT2D eigenvalue weighted by Gasteiger charge is -2.43. The normalized spacial score (nSPS) is 19.9. The van der Waals surface area contributed by atoms with E-state index in [4.69, 9.17) is 0 Å². The molecule has 208 valence electrons. The molecule has 0 saturated heterocycles. The van der Waals surface area contributed by atoms with Crippen molar-refractivity contribution in [2.24, 2.45) is 17.8 Å². The number of esters is 1. The van der Waals surface area contributed by atoms with Gasteiger partial charge < -0.3 is 14.5 Å². The second-order valence-electron chi connectivity index (χ2n) is 11.3. The molecule has 0 aliphatic heterocycles. The molecule has 6 rings (SSSR count). The molecule has 5 nitrogen and oxygen atoms in total. The summed E-state index contributed by atoms with van der Waals surface area (Å²) in [6.45, 7) is 0.343. The largest absolute Gasteiger partial charge is 0.466 e. The lowest BCUT2D eigenvalue weighted by molar-refractivity contribution is -0.134. The smallest absolute Gasteiger partial charge is 0.330 e. The Hall–Kier alpha value is -3.93. The maximum atomic E-state index is 14.8. The van der Waals surface area contributed by atoms with Crippen molar-refractivity contribution in [3.63, 3.8) is 0 Å². The Bertz CT molecular complexity index is 1370. The van der Waals surface area contributed by atoms with Crippen LogP contribution in [0.1, 0.15) is 43.2 Å². The Morgan fingerprint density at radius 1 is 0.900 bits per heavy atom. The van der Waals surface area contributed by atoms with Crippen LogP contribution in [-0.4, -0.2) is 33.1 Å². The summed E-state index contributed by atoms with van der Waals surface area (Å²) < 4.78 is 19.5. The molecule has 3 aromatic rings. The molecule has 40 heavy (non-hydrogen) atoms. The van der Waals surface area contributed by atoms with Gasteiger partial charge in [0.2, 0.25) is 5.91 Å². The van der Waals surface area contributed by atoms with Crippen LogP contribution in [0, 0.1) is 23.6 Å². The van der Waals surface area contributed by atoms with E-state index in [9.17, 15) is 14.0 Å². The Morgan fingerprint density at radius 2 is 1.55 bits per heavy atom. The van der Waals surface area contributed by atoms with Crippen LogP contribution in [0.25, 0.3) is 17.2 Å². The molecule has 6 heteroatoms. The number of nitrogens with zero attached hydrogens (tertiary/aromatic N) is 2. The summed E-state index contributed by atoms with van der Waals surface area (Å²) >= 11 is 0. The molecule has 0 aromatic heterocycles. The van der Waals surface area contributed by atoms with E-state index < -0.39 is 11.8 Å². The Morgan fingerprint density at radius 3 is 2.12 bits per heavy atom. The van der Waals surface area contributed by atoms with E-state index in [1.54, 1.807) is 11.0 Å². The summed E-state index contributed by atoms with van der Waals surface area (Å²) in [5.74, 6) is 0.0327. The highest BCUT2D eigenvalue weighted by molar-refractivity contribution is 5.96. The highest BCUT2D eigenvalue weighted by Crippen LogP contribution is 2.46. The zero-order valence-corrected chi connectivity index (χ0v) is 23.5. The first-order valence-electron chi connectivity index (χ1n) is 14.1. The van der Waals surface area contributed by atoms with E-state index in [1.165, 1.54) is 44.2 Å². The number of hydrogen-bond donors (Lipinski definition) is 0. The van der Waals surface area contributed by atoms with Gasteiger partial charge in [0.1, 0.15) is 5.82 Å². The van der Waals surface area contributed by atoms with Gasteiger partial charge in [-0.1, -0.05) is 49.2 Å². The van der Waals surface area contributed by atoms with Crippen molar-refractivity contribution in [2.75, 3.05) is 31.0 Å². The van der Waals surface area contributed by atoms with Gasteiger partial charge >= 0.3 is 5.97 Å². The number of anilines is 2. The molecule has 3 saturated carbocycles. The van der Waals surface area contributed by atoms with E-state index >= 15 is 0 Å². The topological polar surface area (TPSA) is 49.9 Å². The van der Waals surface area contributed by atoms with Gasteiger partial charge in [0.25, 0.3) is 0 Å². The van der Waals surface area contributed by atoms with Crippen LogP contribution in [0.4, 0.5) is 15.8 Å². The van der Waals surface area contributed by atoms with Crippen molar-refractivity contribution in [3.8, 4) is 11.1 Å². The first kappa shape index (κ1) is 27.6. The van der Waals surface area contributed by atoms with E-state index in [-0.39, 0.29) is 11.8 Å². The number of halogens is 1. The van der Waals surface area contributed by atoms with Crippen molar-refractivity contribution in [2.45, 2.75) is 38.6 Å². The first-order chi connectivity index (χ1) is 19.3. The van der Waals surface area contributed by atoms with E-state index in [1.807, 2.05) is 26.2 Å². The van der Waals surface area contributed by atoms with Crippen LogP contribution in [0.15, 0.2) is 72.8 Å². The monoisotopic (exact) mass is 540 g/mol. The summed E-state index contributed by atoms with van der Waals surface area (Å²) in [5.41, 5.74) is 5.33. The summed E-state index contributed by atoms with van der Waals surface area (Å²) in [5, 5.41) is 0. The summed E-state index contributed by atoms with van der Waals surface area (Å²) in [6.07, 6.45) is 8.27. The van der Waals surface area contributed by atoms with Crippen LogP contribution in [0.5, 0.6) is 0 Å². The molecular formula is C34H37FN2O3. The van der Waals surface area contributed by atoms with Gasteiger partial charge in [0.05, 0.1) is 13.7 Å². The number of methoxy groups -OCH3 is 1. The molecule has 0 heterocycles. The van der Waals surface area contributed by atoms with Crippen molar-refractivity contribution in [1.82, 2.24) is 0 Å². The molecule has 1 unspecified atom stereocenters. The Balaban J connectivity index is 1.44. The number of carbonyl (C=O) groups excluding carboxylic acids is 2. The third-order valence-corrected chi connectivity index (χ3v) is 8.47. The Kier molecular flexibility index (Phi) is 8.34. The van der Waals surface area contributed by atoms with Crippen LogP contribution in [0.3, 0.4) is 0 Å². The minimum Gasteiger partial charge on any atom is -0.466 e. The quantitative estimate of drug-likeness (QED) is 0.226. The zero-order valence-electron chi connectivity index (χ0n) is 23.5. The van der Waals surface area contributed by atoms with Gasteiger partial charge in [-0.05, 0) is 89.8 Å². The number of rotatable bonds is 8. The van der Waals surface area contributed by atoms with Crippen LogP contribution in [-0.2, 0) is 20.9 Å². The first-order valence-corrected chi connectivity index (χ1v) is 14.1. The highest BCUT2D eigenvalue weighted by Gasteiger charge is 2.41. The van der Waals surface area contributed by atoms with Gasteiger partial charge in [0.15, 0.2) is 0 Å². The maximum Gasteiger partial charge on any atom is 0.330 e. The SMILES string of the molecule is COC(=O)/C=C/c1cc(F)cc(N(Cc2ccc(-c3ccc(N(C)C)cc3)cc2)C(=O)C2CC3CCC2CC3)c1. The molecule has 3 aliphatic rings. The molecule has 0 spiro atoms. The minimum atomic E-state index is -0.520. The zero-order chi connectivity index (χ0) is 28.2. The minimum absolute atomic E-state index is 0.0423. The lowest BCUT2D eigenvalue weighted by Crippen LogP contribution is -2.44. The van der Waals surface area contributed by atoms with E-state index in [2.05, 4.69) is 46.0 Å². The van der Waals surface area contributed by atoms with Gasteiger partial charge in [0, 0.05) is 37.5 Å². The molecule has 1 atom stereocenters. The van der Waals surface area contributed by atoms with Gasteiger partial charge in [-0.25, -0.2) is 9.18 Å². The second-order valence-corrected chi connectivity index (χ2v) is 11.3. The predicted molar refractivity (Wildman–Crippen MR) is 158 cm³/mol. The number of fused-ring (bicyclic) bond motifs is 3. The third kappa shape index (κ3) is 6.27. The second kappa shape index (κ2) is 12.1. The van der Waals surface area contributed by atoms with Gasteiger partial charge in [-0.2, -0.15) is 0 Å². The van der Waals surface area contributed by atoms with E-state index in [0.717, 1.165) is 41.6 Å². The number of hydrogen-bond acceptors (Lipinski definition) is 4. The van der Waals surface area contributed by atoms with Crippen LogP contribution >= 0.6 is 0 Å². The maximum absolute atomic E-state index is 14.8. The van der Waals surface area contributed by atoms with Gasteiger partial charge in [-0.3, -0.25) is 4.79 Å². The molecule has 0 N–H and O–H groups in total. The fourth-order valence-electron chi connectivity index (χ4n) is 6.19.